The molecule has 174 valence electrons. The standard InChI is InChI=1S/C24H26ClN3O4S/c25-16-12-28(21-17(29)13-32-22(16)21)24(31)20(15-4-2-1-3-5-15)27-23(30)19-7-6-18(33-19)14-8-10-26-11-9-14/h6-11,15-16,20-22H,1-5,12-13H2,(H,27,30)/t16-,20-,21+,22+/m0/s1. The van der Waals surface area contributed by atoms with Crippen LogP contribution in [0.1, 0.15) is 41.8 Å². The predicted octanol–water partition coefficient (Wildman–Crippen LogP) is 3.27. The van der Waals surface area contributed by atoms with E-state index in [1.165, 1.54) is 11.3 Å². The fraction of sp³-hybridized carbons (Fsp3) is 0.500. The van der Waals surface area contributed by atoms with Crippen LogP contribution < -0.4 is 5.32 Å². The topological polar surface area (TPSA) is 88.6 Å². The average molecular weight is 488 g/mol. The molecular weight excluding hydrogens is 462 g/mol. The number of hydrogen-bond donors (Lipinski definition) is 1. The van der Waals surface area contributed by atoms with Crippen molar-refractivity contribution in [2.45, 2.75) is 55.7 Å². The van der Waals surface area contributed by atoms with Gasteiger partial charge in [0.25, 0.3) is 5.91 Å². The van der Waals surface area contributed by atoms with Gasteiger partial charge in [-0.25, -0.2) is 0 Å². The van der Waals surface area contributed by atoms with Gasteiger partial charge in [-0.2, -0.15) is 0 Å². The lowest BCUT2D eigenvalue weighted by atomic mass is 9.83. The van der Waals surface area contributed by atoms with Crippen LogP contribution in [0, 0.1) is 5.92 Å². The molecule has 0 spiro atoms. The van der Waals surface area contributed by atoms with Crippen molar-refractivity contribution in [3.8, 4) is 10.4 Å². The first-order valence-corrected chi connectivity index (χ1v) is 12.7. The molecule has 2 amide bonds. The number of halogens is 1. The first-order chi connectivity index (χ1) is 16.0. The number of thiophene rings is 1. The van der Waals surface area contributed by atoms with Gasteiger partial charge >= 0.3 is 0 Å². The lowest BCUT2D eigenvalue weighted by molar-refractivity contribution is -0.139. The van der Waals surface area contributed by atoms with Crippen LogP contribution in [0.4, 0.5) is 0 Å². The van der Waals surface area contributed by atoms with E-state index in [1.807, 2.05) is 18.2 Å². The van der Waals surface area contributed by atoms with Crippen molar-refractivity contribution < 1.29 is 19.1 Å². The van der Waals surface area contributed by atoms with Crippen molar-refractivity contribution in [2.75, 3.05) is 13.2 Å². The highest BCUT2D eigenvalue weighted by Crippen LogP contribution is 2.34. The Bertz CT molecular complexity index is 1040. The molecule has 2 aromatic heterocycles. The van der Waals surface area contributed by atoms with Crippen LogP contribution in [0.25, 0.3) is 10.4 Å². The molecule has 2 aromatic rings. The minimum Gasteiger partial charge on any atom is -0.366 e. The van der Waals surface area contributed by atoms with Crippen LogP contribution in [-0.2, 0) is 14.3 Å². The Morgan fingerprint density at radius 2 is 1.91 bits per heavy atom. The Kier molecular flexibility index (Phi) is 6.49. The van der Waals surface area contributed by atoms with E-state index in [9.17, 15) is 14.4 Å². The molecular formula is C24H26ClN3O4S. The number of hydrogen-bond acceptors (Lipinski definition) is 6. The van der Waals surface area contributed by atoms with Crippen LogP contribution in [0.5, 0.6) is 0 Å². The summed E-state index contributed by atoms with van der Waals surface area (Å²) in [5.74, 6) is -0.569. The number of ether oxygens (including phenoxy) is 1. The van der Waals surface area contributed by atoms with Gasteiger partial charge in [-0.3, -0.25) is 19.4 Å². The summed E-state index contributed by atoms with van der Waals surface area (Å²) in [5, 5.41) is 2.60. The van der Waals surface area contributed by atoms with Gasteiger partial charge in [0.2, 0.25) is 5.91 Å². The van der Waals surface area contributed by atoms with Crippen LogP contribution in [-0.4, -0.2) is 64.2 Å². The van der Waals surface area contributed by atoms with E-state index in [4.69, 9.17) is 16.3 Å². The minimum atomic E-state index is -0.680. The smallest absolute Gasteiger partial charge is 0.262 e. The number of likely N-dealkylation sites (tertiary alicyclic amines) is 1. The minimum absolute atomic E-state index is 0.0181. The number of carbonyl (C=O) groups is 3. The van der Waals surface area contributed by atoms with Crippen LogP contribution >= 0.6 is 22.9 Å². The van der Waals surface area contributed by atoms with E-state index in [2.05, 4.69) is 10.3 Å². The monoisotopic (exact) mass is 487 g/mol. The number of ketones is 1. The second kappa shape index (κ2) is 9.52. The molecule has 4 heterocycles. The van der Waals surface area contributed by atoms with Crippen molar-refractivity contribution in [1.29, 1.82) is 0 Å². The van der Waals surface area contributed by atoms with Gasteiger partial charge in [0.1, 0.15) is 24.8 Å². The molecule has 0 aromatic carbocycles. The first-order valence-electron chi connectivity index (χ1n) is 11.4. The molecule has 0 radical (unpaired) electrons. The number of alkyl halides is 1. The second-order valence-electron chi connectivity index (χ2n) is 8.94. The third-order valence-electron chi connectivity index (χ3n) is 6.87. The van der Waals surface area contributed by atoms with Gasteiger partial charge in [0.15, 0.2) is 5.78 Å². The van der Waals surface area contributed by atoms with Crippen LogP contribution in [0.15, 0.2) is 36.7 Å². The van der Waals surface area contributed by atoms with Crippen molar-refractivity contribution in [2.24, 2.45) is 5.92 Å². The zero-order valence-corrected chi connectivity index (χ0v) is 19.7. The zero-order valence-electron chi connectivity index (χ0n) is 18.1. The highest BCUT2D eigenvalue weighted by Gasteiger charge is 2.53. The molecule has 1 aliphatic carbocycles. The lowest BCUT2D eigenvalue weighted by Crippen LogP contribution is -2.55. The summed E-state index contributed by atoms with van der Waals surface area (Å²) in [6.07, 6.45) is 7.91. The number of amides is 2. The molecule has 3 aliphatic rings. The summed E-state index contributed by atoms with van der Waals surface area (Å²) >= 11 is 7.79. The summed E-state index contributed by atoms with van der Waals surface area (Å²) in [6, 6.07) is 6.16. The van der Waals surface area contributed by atoms with Gasteiger partial charge in [-0.1, -0.05) is 19.3 Å². The highest BCUT2D eigenvalue weighted by atomic mass is 35.5. The number of nitrogens with one attached hydrogen (secondary N) is 1. The zero-order chi connectivity index (χ0) is 22.9. The largest absolute Gasteiger partial charge is 0.366 e. The van der Waals surface area contributed by atoms with Gasteiger partial charge in [-0.15, -0.1) is 22.9 Å². The highest BCUT2D eigenvalue weighted by molar-refractivity contribution is 7.17. The number of Topliss-reactive ketones (excluding diaryl/α,β-unsaturated/α-hetero) is 1. The summed E-state index contributed by atoms with van der Waals surface area (Å²) < 4.78 is 5.54. The molecule has 4 atom stereocenters. The molecule has 1 N–H and O–H groups in total. The van der Waals surface area contributed by atoms with Crippen molar-refractivity contribution in [3.05, 3.63) is 41.5 Å². The Balaban J connectivity index is 1.37. The number of carbonyl (C=O) groups excluding carboxylic acids is 3. The van der Waals surface area contributed by atoms with Gasteiger partial charge in [0.05, 0.1) is 10.3 Å². The third kappa shape index (κ3) is 4.44. The number of fused-ring (bicyclic) bond motifs is 1. The van der Waals surface area contributed by atoms with E-state index in [0.717, 1.165) is 42.5 Å². The van der Waals surface area contributed by atoms with Crippen molar-refractivity contribution in [3.63, 3.8) is 0 Å². The fourth-order valence-electron chi connectivity index (χ4n) is 5.19. The van der Waals surface area contributed by atoms with Crippen molar-refractivity contribution >= 4 is 40.5 Å². The number of pyridine rings is 1. The summed E-state index contributed by atoms with van der Waals surface area (Å²) in [7, 11) is 0. The van der Waals surface area contributed by atoms with Gasteiger partial charge in [0, 0.05) is 23.8 Å². The Hall–Kier alpha value is -2.29. The van der Waals surface area contributed by atoms with Gasteiger partial charge in [-0.05, 0) is 48.6 Å². The third-order valence-corrected chi connectivity index (χ3v) is 8.39. The van der Waals surface area contributed by atoms with Crippen LogP contribution in [0.2, 0.25) is 0 Å². The summed E-state index contributed by atoms with van der Waals surface area (Å²) in [6.45, 7) is 0.238. The molecule has 0 unspecified atom stereocenters. The van der Waals surface area contributed by atoms with E-state index in [-0.39, 0.29) is 36.7 Å². The lowest BCUT2D eigenvalue weighted by Gasteiger charge is -2.34. The van der Waals surface area contributed by atoms with E-state index >= 15 is 0 Å². The quantitative estimate of drug-likeness (QED) is 0.654. The number of aromatic nitrogens is 1. The number of nitrogens with zero attached hydrogens (tertiary/aromatic N) is 2. The molecule has 3 fully saturated rings. The maximum Gasteiger partial charge on any atom is 0.262 e. The van der Waals surface area contributed by atoms with E-state index in [0.29, 0.717) is 4.88 Å². The van der Waals surface area contributed by atoms with Crippen molar-refractivity contribution in [1.82, 2.24) is 15.2 Å². The van der Waals surface area contributed by atoms with Crippen LogP contribution in [0.3, 0.4) is 0 Å². The van der Waals surface area contributed by atoms with E-state index in [1.54, 1.807) is 23.4 Å². The Labute approximate surface area is 201 Å². The molecule has 2 aliphatic heterocycles. The van der Waals surface area contributed by atoms with E-state index < -0.39 is 23.6 Å². The molecule has 9 heteroatoms. The SMILES string of the molecule is O=C(N[C@H](C(=O)N1C[C@H](Cl)[C@H]2OCC(=O)[C@H]21)C1CCCCC1)c1ccc(-c2ccncc2)s1. The molecule has 33 heavy (non-hydrogen) atoms. The predicted molar refractivity (Wildman–Crippen MR) is 125 cm³/mol. The Morgan fingerprint density at radius 1 is 1.15 bits per heavy atom. The average Bonchev–Trinajstić information content (AvgIpc) is 3.56. The Morgan fingerprint density at radius 3 is 2.67 bits per heavy atom. The molecule has 2 saturated heterocycles. The maximum absolute atomic E-state index is 13.7. The normalized spacial score (nSPS) is 26.3. The molecule has 7 nitrogen and oxygen atoms in total. The molecule has 1 saturated carbocycles. The molecule has 5 rings (SSSR count). The maximum atomic E-state index is 13.7. The second-order valence-corrected chi connectivity index (χ2v) is 10.6. The molecule has 0 bridgehead atoms. The summed E-state index contributed by atoms with van der Waals surface area (Å²) in [5.41, 5.74) is 0.991. The number of rotatable bonds is 5. The summed E-state index contributed by atoms with van der Waals surface area (Å²) in [4.78, 5) is 46.5. The van der Waals surface area contributed by atoms with Gasteiger partial charge < -0.3 is 15.0 Å². The fourth-order valence-corrected chi connectivity index (χ4v) is 6.47. The first kappa shape index (κ1) is 22.5.